The lowest BCUT2D eigenvalue weighted by Gasteiger charge is -2.32. The number of nitrogens with zero attached hydrogens (tertiary/aromatic N) is 1. The summed E-state index contributed by atoms with van der Waals surface area (Å²) in [6.45, 7) is 8.56. The van der Waals surface area contributed by atoms with Crippen molar-refractivity contribution in [3.8, 4) is 0 Å². The summed E-state index contributed by atoms with van der Waals surface area (Å²) < 4.78 is 0. The van der Waals surface area contributed by atoms with Gasteiger partial charge >= 0.3 is 0 Å². The molecule has 0 aromatic heterocycles. The van der Waals surface area contributed by atoms with Gasteiger partial charge in [-0.15, -0.1) is 0 Å². The van der Waals surface area contributed by atoms with Gasteiger partial charge in [-0.3, -0.25) is 0 Å². The zero-order valence-corrected chi connectivity index (χ0v) is 11.9. The van der Waals surface area contributed by atoms with Crippen LogP contribution in [0.25, 0.3) is 0 Å². The standard InChI is InChI=1S/C17H27N/c1-15(2)8-11-18-12-9-17(10-13-18)14-16-6-4-3-5-7-16/h3-7,15,17H,8-14H2,1-2H3. The highest BCUT2D eigenvalue weighted by Crippen LogP contribution is 2.22. The number of hydrogen-bond donors (Lipinski definition) is 0. The van der Waals surface area contributed by atoms with E-state index in [1.54, 1.807) is 0 Å². The van der Waals surface area contributed by atoms with Crippen LogP contribution in [0.5, 0.6) is 0 Å². The lowest BCUT2D eigenvalue weighted by Crippen LogP contribution is -2.35. The molecule has 1 heterocycles. The maximum Gasteiger partial charge on any atom is -0.00160 e. The van der Waals surface area contributed by atoms with Crippen molar-refractivity contribution in [3.05, 3.63) is 35.9 Å². The topological polar surface area (TPSA) is 3.24 Å². The molecular formula is C17H27N. The number of piperidine rings is 1. The summed E-state index contributed by atoms with van der Waals surface area (Å²) in [5.41, 5.74) is 1.51. The average Bonchev–Trinajstić information content (AvgIpc) is 2.39. The van der Waals surface area contributed by atoms with E-state index in [0.717, 1.165) is 11.8 Å². The van der Waals surface area contributed by atoms with Gasteiger partial charge in [-0.05, 0) is 62.7 Å². The third-order valence-corrected chi connectivity index (χ3v) is 4.10. The van der Waals surface area contributed by atoms with Gasteiger partial charge in [-0.25, -0.2) is 0 Å². The van der Waals surface area contributed by atoms with Crippen LogP contribution in [0.4, 0.5) is 0 Å². The molecule has 1 aliphatic heterocycles. The summed E-state index contributed by atoms with van der Waals surface area (Å²) in [4.78, 5) is 2.65. The van der Waals surface area contributed by atoms with Gasteiger partial charge in [-0.1, -0.05) is 44.2 Å². The van der Waals surface area contributed by atoms with Crippen LogP contribution >= 0.6 is 0 Å². The molecule has 1 fully saturated rings. The SMILES string of the molecule is CC(C)CCN1CCC(Cc2ccccc2)CC1. The molecule has 1 nitrogen and oxygen atoms in total. The molecule has 0 aliphatic carbocycles. The van der Waals surface area contributed by atoms with E-state index < -0.39 is 0 Å². The van der Waals surface area contributed by atoms with Crippen molar-refractivity contribution >= 4 is 0 Å². The van der Waals surface area contributed by atoms with Crippen molar-refractivity contribution < 1.29 is 0 Å². The Morgan fingerprint density at radius 1 is 1.11 bits per heavy atom. The lowest BCUT2D eigenvalue weighted by atomic mass is 9.90. The van der Waals surface area contributed by atoms with Crippen LogP contribution < -0.4 is 0 Å². The van der Waals surface area contributed by atoms with Gasteiger partial charge in [0.1, 0.15) is 0 Å². The van der Waals surface area contributed by atoms with Gasteiger partial charge in [0.25, 0.3) is 0 Å². The summed E-state index contributed by atoms with van der Waals surface area (Å²) >= 11 is 0. The highest BCUT2D eigenvalue weighted by molar-refractivity contribution is 5.15. The largest absolute Gasteiger partial charge is 0.303 e. The molecule has 1 saturated heterocycles. The Morgan fingerprint density at radius 2 is 1.78 bits per heavy atom. The molecule has 0 amide bonds. The minimum atomic E-state index is 0.840. The molecule has 1 aromatic rings. The maximum absolute atomic E-state index is 2.65. The second-order valence-corrected chi connectivity index (χ2v) is 6.16. The molecule has 1 aliphatic rings. The smallest absolute Gasteiger partial charge is 0.00160 e. The average molecular weight is 245 g/mol. The zero-order valence-electron chi connectivity index (χ0n) is 11.9. The van der Waals surface area contributed by atoms with E-state index in [1.807, 2.05) is 0 Å². The highest BCUT2D eigenvalue weighted by Gasteiger charge is 2.19. The third-order valence-electron chi connectivity index (χ3n) is 4.10. The number of likely N-dealkylation sites (tertiary alicyclic amines) is 1. The molecule has 0 spiro atoms. The van der Waals surface area contributed by atoms with Gasteiger partial charge in [0, 0.05) is 0 Å². The van der Waals surface area contributed by atoms with Crippen molar-refractivity contribution in [2.24, 2.45) is 11.8 Å². The Morgan fingerprint density at radius 3 is 2.39 bits per heavy atom. The van der Waals surface area contributed by atoms with Crippen LogP contribution in [0.1, 0.15) is 38.7 Å². The van der Waals surface area contributed by atoms with Crippen LogP contribution in [-0.4, -0.2) is 24.5 Å². The molecule has 1 heteroatoms. The molecule has 2 rings (SSSR count). The quantitative estimate of drug-likeness (QED) is 0.758. The summed E-state index contributed by atoms with van der Waals surface area (Å²) in [6.07, 6.45) is 5.39. The maximum atomic E-state index is 2.65. The molecule has 0 saturated carbocycles. The van der Waals surface area contributed by atoms with Crippen LogP contribution in [-0.2, 0) is 6.42 Å². The second kappa shape index (κ2) is 6.94. The third kappa shape index (κ3) is 4.45. The molecule has 0 radical (unpaired) electrons. The highest BCUT2D eigenvalue weighted by atomic mass is 15.1. The molecule has 18 heavy (non-hydrogen) atoms. The van der Waals surface area contributed by atoms with E-state index >= 15 is 0 Å². The second-order valence-electron chi connectivity index (χ2n) is 6.16. The van der Waals surface area contributed by atoms with Crippen LogP contribution in [0.3, 0.4) is 0 Å². The molecule has 0 atom stereocenters. The first-order valence-corrected chi connectivity index (χ1v) is 7.50. The summed E-state index contributed by atoms with van der Waals surface area (Å²) in [6, 6.07) is 11.0. The first kappa shape index (κ1) is 13.6. The Balaban J connectivity index is 1.70. The minimum absolute atomic E-state index is 0.840. The van der Waals surface area contributed by atoms with E-state index in [4.69, 9.17) is 0 Å². The zero-order chi connectivity index (χ0) is 12.8. The van der Waals surface area contributed by atoms with Crippen molar-refractivity contribution in [1.82, 2.24) is 4.90 Å². The predicted octanol–water partition coefficient (Wildman–Crippen LogP) is 3.99. The van der Waals surface area contributed by atoms with Crippen molar-refractivity contribution in [2.45, 2.75) is 39.5 Å². The monoisotopic (exact) mass is 245 g/mol. The Kier molecular flexibility index (Phi) is 5.25. The van der Waals surface area contributed by atoms with Gasteiger partial charge in [0.05, 0.1) is 0 Å². The number of rotatable bonds is 5. The molecule has 0 unspecified atom stereocenters. The minimum Gasteiger partial charge on any atom is -0.303 e. The van der Waals surface area contributed by atoms with E-state index in [0.29, 0.717) is 0 Å². The Bertz CT molecular complexity index is 323. The van der Waals surface area contributed by atoms with Gasteiger partial charge in [-0.2, -0.15) is 0 Å². The van der Waals surface area contributed by atoms with Crippen molar-refractivity contribution in [3.63, 3.8) is 0 Å². The van der Waals surface area contributed by atoms with E-state index in [1.165, 1.54) is 50.9 Å². The first-order valence-electron chi connectivity index (χ1n) is 7.50. The van der Waals surface area contributed by atoms with Crippen LogP contribution in [0.2, 0.25) is 0 Å². The van der Waals surface area contributed by atoms with Crippen molar-refractivity contribution in [1.29, 1.82) is 0 Å². The molecule has 1 aromatic carbocycles. The molecule has 0 N–H and O–H groups in total. The van der Waals surface area contributed by atoms with E-state index in [-0.39, 0.29) is 0 Å². The fraction of sp³-hybridized carbons (Fsp3) is 0.647. The van der Waals surface area contributed by atoms with E-state index in [9.17, 15) is 0 Å². The summed E-state index contributed by atoms with van der Waals surface area (Å²) in [7, 11) is 0. The summed E-state index contributed by atoms with van der Waals surface area (Å²) in [5, 5.41) is 0. The number of benzene rings is 1. The fourth-order valence-corrected chi connectivity index (χ4v) is 2.80. The van der Waals surface area contributed by atoms with Crippen molar-refractivity contribution in [2.75, 3.05) is 19.6 Å². The Labute approximate surface area is 112 Å². The van der Waals surface area contributed by atoms with Gasteiger partial charge < -0.3 is 4.90 Å². The van der Waals surface area contributed by atoms with Crippen LogP contribution in [0.15, 0.2) is 30.3 Å². The van der Waals surface area contributed by atoms with Gasteiger partial charge in [0.15, 0.2) is 0 Å². The van der Waals surface area contributed by atoms with E-state index in [2.05, 4.69) is 49.1 Å². The number of hydrogen-bond acceptors (Lipinski definition) is 1. The molecular weight excluding hydrogens is 218 g/mol. The predicted molar refractivity (Wildman–Crippen MR) is 78.8 cm³/mol. The lowest BCUT2D eigenvalue weighted by molar-refractivity contribution is 0.176. The summed E-state index contributed by atoms with van der Waals surface area (Å²) in [5.74, 6) is 1.75. The Hall–Kier alpha value is -0.820. The van der Waals surface area contributed by atoms with Gasteiger partial charge in [0.2, 0.25) is 0 Å². The fourth-order valence-electron chi connectivity index (χ4n) is 2.80. The first-order chi connectivity index (χ1) is 8.74. The van der Waals surface area contributed by atoms with Crippen LogP contribution in [0, 0.1) is 11.8 Å². The molecule has 0 bridgehead atoms. The normalized spacial score (nSPS) is 18.4. The molecule has 100 valence electrons.